The molecule has 0 saturated heterocycles. The number of halogens is 1. The van der Waals surface area contributed by atoms with Crippen LogP contribution in [-0.2, 0) is 0 Å². The van der Waals surface area contributed by atoms with Crippen molar-refractivity contribution in [1.82, 2.24) is 14.9 Å². The molecule has 0 aliphatic heterocycles. The Morgan fingerprint density at radius 1 is 1.25 bits per heavy atom. The van der Waals surface area contributed by atoms with E-state index in [9.17, 15) is 4.79 Å². The van der Waals surface area contributed by atoms with Crippen LogP contribution in [-0.4, -0.2) is 27.8 Å². The van der Waals surface area contributed by atoms with Gasteiger partial charge >= 0.3 is 0 Å². The largest absolute Gasteiger partial charge is 0.333 e. The lowest BCUT2D eigenvalue weighted by Gasteiger charge is -2.24. The molecule has 0 radical (unpaired) electrons. The first-order chi connectivity index (χ1) is 11.4. The van der Waals surface area contributed by atoms with Gasteiger partial charge in [-0.1, -0.05) is 35.9 Å². The summed E-state index contributed by atoms with van der Waals surface area (Å²) in [7, 11) is 1.78. The van der Waals surface area contributed by atoms with Gasteiger partial charge in [-0.25, -0.2) is 9.97 Å². The van der Waals surface area contributed by atoms with Gasteiger partial charge in [0.1, 0.15) is 10.8 Å². The minimum absolute atomic E-state index is 0.0734. The van der Waals surface area contributed by atoms with Crippen molar-refractivity contribution in [2.75, 3.05) is 7.05 Å². The first-order valence-electron chi connectivity index (χ1n) is 7.65. The molecule has 3 rings (SSSR count). The highest BCUT2D eigenvalue weighted by Gasteiger charge is 2.24. The van der Waals surface area contributed by atoms with E-state index < -0.39 is 0 Å². The number of pyridine rings is 1. The van der Waals surface area contributed by atoms with Crippen molar-refractivity contribution >= 4 is 39.6 Å². The quantitative estimate of drug-likeness (QED) is 0.631. The maximum Gasteiger partial charge on any atom is 0.272 e. The topological polar surface area (TPSA) is 46.1 Å². The highest BCUT2D eigenvalue weighted by Crippen LogP contribution is 2.30. The highest BCUT2D eigenvalue weighted by molar-refractivity contribution is 7.11. The van der Waals surface area contributed by atoms with Crippen LogP contribution in [0.15, 0.2) is 30.3 Å². The lowest BCUT2D eigenvalue weighted by Crippen LogP contribution is -2.30. The van der Waals surface area contributed by atoms with E-state index in [2.05, 4.69) is 9.97 Å². The smallest absolute Gasteiger partial charge is 0.272 e. The van der Waals surface area contributed by atoms with Crippen molar-refractivity contribution in [3.63, 3.8) is 0 Å². The number of rotatable bonds is 3. The van der Waals surface area contributed by atoms with Gasteiger partial charge in [0.15, 0.2) is 0 Å². The van der Waals surface area contributed by atoms with E-state index in [1.165, 1.54) is 0 Å². The van der Waals surface area contributed by atoms with E-state index in [-0.39, 0.29) is 11.9 Å². The minimum Gasteiger partial charge on any atom is -0.333 e. The second-order valence-electron chi connectivity index (χ2n) is 5.79. The van der Waals surface area contributed by atoms with Gasteiger partial charge < -0.3 is 4.90 Å². The average molecular weight is 360 g/mol. The third-order valence-electron chi connectivity index (χ3n) is 4.13. The molecule has 0 bridgehead atoms. The molecule has 0 spiro atoms. The zero-order chi connectivity index (χ0) is 17.4. The normalized spacial score (nSPS) is 12.4. The third kappa shape index (κ3) is 3.01. The van der Waals surface area contributed by atoms with Gasteiger partial charge in [-0.15, -0.1) is 11.3 Å². The summed E-state index contributed by atoms with van der Waals surface area (Å²) in [6.45, 7) is 5.94. The van der Waals surface area contributed by atoms with Crippen molar-refractivity contribution in [1.29, 1.82) is 0 Å². The Hall–Kier alpha value is -1.98. The van der Waals surface area contributed by atoms with Gasteiger partial charge in [-0.3, -0.25) is 4.79 Å². The molecule has 6 heteroatoms. The molecule has 3 aromatic rings. The lowest BCUT2D eigenvalue weighted by atomic mass is 10.1. The number of carbonyl (C=O) groups excluding carboxylic acids is 1. The maximum atomic E-state index is 12.9. The summed E-state index contributed by atoms with van der Waals surface area (Å²) in [5.74, 6) is -0.152. The molecule has 1 atom stereocenters. The first kappa shape index (κ1) is 16.9. The number of hydrogen-bond donors (Lipinski definition) is 0. The predicted molar refractivity (Wildman–Crippen MR) is 98.8 cm³/mol. The summed E-state index contributed by atoms with van der Waals surface area (Å²) >= 11 is 7.86. The molecule has 4 nitrogen and oxygen atoms in total. The van der Waals surface area contributed by atoms with Crippen molar-refractivity contribution in [2.45, 2.75) is 26.8 Å². The zero-order valence-electron chi connectivity index (χ0n) is 14.0. The number of aryl methyl sites for hydroxylation is 2. The molecule has 2 heterocycles. The van der Waals surface area contributed by atoms with Crippen molar-refractivity contribution in [2.24, 2.45) is 0 Å². The fourth-order valence-electron chi connectivity index (χ4n) is 2.73. The summed E-state index contributed by atoms with van der Waals surface area (Å²) in [4.78, 5) is 24.4. The monoisotopic (exact) mass is 359 g/mol. The minimum atomic E-state index is -0.152. The second kappa shape index (κ2) is 6.49. The lowest BCUT2D eigenvalue weighted by molar-refractivity contribution is 0.0739. The van der Waals surface area contributed by atoms with Gasteiger partial charge in [0.25, 0.3) is 5.91 Å². The van der Waals surface area contributed by atoms with Gasteiger partial charge in [0, 0.05) is 17.3 Å². The third-order valence-corrected chi connectivity index (χ3v) is 5.66. The Labute approximate surface area is 150 Å². The standard InChI is InChI=1S/C18H18ClN3OS/c1-10-16(24-12(3)20-10)11(2)22(4)18(23)15-9-13-7-5-6-8-14(13)17(19)21-15/h5-9,11H,1-4H3. The summed E-state index contributed by atoms with van der Waals surface area (Å²) in [6, 6.07) is 9.37. The molecule has 0 saturated carbocycles. The summed E-state index contributed by atoms with van der Waals surface area (Å²) in [5.41, 5.74) is 1.32. The van der Waals surface area contributed by atoms with Crippen molar-refractivity contribution in [3.8, 4) is 0 Å². The Balaban J connectivity index is 1.95. The molecule has 24 heavy (non-hydrogen) atoms. The Kier molecular flexibility index (Phi) is 4.56. The van der Waals surface area contributed by atoms with E-state index in [4.69, 9.17) is 11.6 Å². The number of benzene rings is 1. The van der Waals surface area contributed by atoms with Crippen molar-refractivity contribution < 1.29 is 4.79 Å². The number of carbonyl (C=O) groups is 1. The number of fused-ring (bicyclic) bond motifs is 1. The maximum absolute atomic E-state index is 12.9. The molecule has 0 fully saturated rings. The van der Waals surface area contributed by atoms with E-state index in [0.29, 0.717) is 10.8 Å². The summed E-state index contributed by atoms with van der Waals surface area (Å²) in [6.07, 6.45) is 0. The summed E-state index contributed by atoms with van der Waals surface area (Å²) in [5, 5.41) is 3.11. The van der Waals surface area contributed by atoms with Gasteiger partial charge in [0.2, 0.25) is 0 Å². The van der Waals surface area contributed by atoms with Crippen molar-refractivity contribution in [3.05, 3.63) is 56.8 Å². The van der Waals surface area contributed by atoms with E-state index in [1.807, 2.05) is 45.0 Å². The second-order valence-corrected chi connectivity index (χ2v) is 7.39. The number of thiazole rings is 1. The van der Waals surface area contributed by atoms with Crippen LogP contribution in [0.2, 0.25) is 5.15 Å². The van der Waals surface area contributed by atoms with E-state index >= 15 is 0 Å². The molecule has 1 aromatic carbocycles. The van der Waals surface area contributed by atoms with Crippen LogP contribution >= 0.6 is 22.9 Å². The van der Waals surface area contributed by atoms with Gasteiger partial charge in [-0.2, -0.15) is 0 Å². The summed E-state index contributed by atoms with van der Waals surface area (Å²) < 4.78 is 0. The SMILES string of the molecule is Cc1nc(C)c(C(C)N(C)C(=O)c2cc3ccccc3c(Cl)n2)s1. The number of amides is 1. The van der Waals surface area contributed by atoms with E-state index in [0.717, 1.165) is 26.4 Å². The Morgan fingerprint density at radius 2 is 1.96 bits per heavy atom. The van der Waals surface area contributed by atoms with Crippen LogP contribution in [0.1, 0.15) is 39.0 Å². The molecule has 124 valence electrons. The molecule has 2 aromatic heterocycles. The number of aromatic nitrogens is 2. The van der Waals surface area contributed by atoms with Gasteiger partial charge in [0.05, 0.1) is 16.7 Å². The highest BCUT2D eigenvalue weighted by atomic mass is 35.5. The van der Waals surface area contributed by atoms with Crippen LogP contribution in [0, 0.1) is 13.8 Å². The van der Waals surface area contributed by atoms with Crippen LogP contribution in [0.5, 0.6) is 0 Å². The number of hydrogen-bond acceptors (Lipinski definition) is 4. The predicted octanol–water partition coefficient (Wildman–Crippen LogP) is 4.79. The first-order valence-corrected chi connectivity index (χ1v) is 8.84. The van der Waals surface area contributed by atoms with Crippen LogP contribution in [0.4, 0.5) is 0 Å². The van der Waals surface area contributed by atoms with Gasteiger partial charge in [-0.05, 0) is 32.2 Å². The van der Waals surface area contributed by atoms with Crippen LogP contribution in [0.3, 0.4) is 0 Å². The molecular weight excluding hydrogens is 342 g/mol. The molecule has 1 unspecified atom stereocenters. The fourth-order valence-corrected chi connectivity index (χ4v) is 4.02. The zero-order valence-corrected chi connectivity index (χ0v) is 15.6. The molecule has 0 aliphatic carbocycles. The van der Waals surface area contributed by atoms with E-state index in [1.54, 1.807) is 29.4 Å². The van der Waals surface area contributed by atoms with Crippen LogP contribution in [0.25, 0.3) is 10.8 Å². The Morgan fingerprint density at radius 3 is 2.62 bits per heavy atom. The molecular formula is C18H18ClN3OS. The average Bonchev–Trinajstić information content (AvgIpc) is 2.91. The Bertz CT molecular complexity index is 922. The van der Waals surface area contributed by atoms with Crippen LogP contribution < -0.4 is 0 Å². The molecule has 1 amide bonds. The number of nitrogens with zero attached hydrogens (tertiary/aromatic N) is 3. The molecule has 0 aliphatic rings. The fraction of sp³-hybridized carbons (Fsp3) is 0.278. The molecule has 0 N–H and O–H groups in total.